The molecule has 0 radical (unpaired) electrons. The fourth-order valence-corrected chi connectivity index (χ4v) is 3.28. The number of fused-ring (bicyclic) bond motifs is 1. The number of hydrogen-bond donors (Lipinski definition) is 1. The summed E-state index contributed by atoms with van der Waals surface area (Å²) in [4.78, 5) is 12.3. The van der Waals surface area contributed by atoms with Crippen molar-refractivity contribution >= 4 is 5.52 Å². The van der Waals surface area contributed by atoms with E-state index in [1.807, 2.05) is 59.2 Å². The SMILES string of the molecule is O=c1ccc(-c2c(-c3ccccc3)nn3ccccc23)nn1Cc1cn[nH]c1. The zero-order chi connectivity index (χ0) is 18.9. The first-order chi connectivity index (χ1) is 13.8. The molecule has 0 bridgehead atoms. The van der Waals surface area contributed by atoms with Crippen LogP contribution in [0.15, 0.2) is 84.0 Å². The molecule has 0 amide bonds. The van der Waals surface area contributed by atoms with Gasteiger partial charge in [-0.15, -0.1) is 0 Å². The molecule has 136 valence electrons. The molecule has 0 aliphatic carbocycles. The molecule has 0 atom stereocenters. The Labute approximate surface area is 159 Å². The van der Waals surface area contributed by atoms with Gasteiger partial charge in [-0.1, -0.05) is 36.4 Å². The van der Waals surface area contributed by atoms with Gasteiger partial charge >= 0.3 is 0 Å². The molecule has 7 nitrogen and oxygen atoms in total. The van der Waals surface area contributed by atoms with Gasteiger partial charge in [0, 0.05) is 29.6 Å². The highest BCUT2D eigenvalue weighted by Gasteiger charge is 2.18. The van der Waals surface area contributed by atoms with Crippen LogP contribution in [0.1, 0.15) is 5.56 Å². The van der Waals surface area contributed by atoms with Crippen molar-refractivity contribution in [1.29, 1.82) is 0 Å². The highest BCUT2D eigenvalue weighted by molar-refractivity contribution is 5.90. The lowest BCUT2D eigenvalue weighted by Crippen LogP contribution is -2.22. The van der Waals surface area contributed by atoms with Gasteiger partial charge in [0.1, 0.15) is 5.69 Å². The summed E-state index contributed by atoms with van der Waals surface area (Å²) in [5, 5.41) is 16.1. The maximum Gasteiger partial charge on any atom is 0.267 e. The van der Waals surface area contributed by atoms with E-state index in [1.165, 1.54) is 4.68 Å². The first-order valence-corrected chi connectivity index (χ1v) is 8.88. The summed E-state index contributed by atoms with van der Waals surface area (Å²) in [6.07, 6.45) is 5.35. The molecule has 0 fully saturated rings. The third kappa shape index (κ3) is 2.79. The topological polar surface area (TPSA) is 80.9 Å². The van der Waals surface area contributed by atoms with Crippen LogP contribution in [0.5, 0.6) is 0 Å². The van der Waals surface area contributed by atoms with Crippen molar-refractivity contribution < 1.29 is 0 Å². The quantitative estimate of drug-likeness (QED) is 0.529. The van der Waals surface area contributed by atoms with Crippen molar-refractivity contribution in [1.82, 2.24) is 29.6 Å². The molecule has 5 rings (SSSR count). The van der Waals surface area contributed by atoms with Gasteiger partial charge in [-0.25, -0.2) is 9.20 Å². The van der Waals surface area contributed by atoms with E-state index in [1.54, 1.807) is 24.5 Å². The van der Waals surface area contributed by atoms with Crippen molar-refractivity contribution in [2.75, 3.05) is 0 Å². The average molecular weight is 368 g/mol. The Hall–Kier alpha value is -4.00. The summed E-state index contributed by atoms with van der Waals surface area (Å²) in [5.74, 6) is 0. The van der Waals surface area contributed by atoms with Gasteiger partial charge in [0.05, 0.1) is 29.5 Å². The van der Waals surface area contributed by atoms with E-state index >= 15 is 0 Å². The monoisotopic (exact) mass is 368 g/mol. The molecule has 0 saturated heterocycles. The third-order valence-corrected chi connectivity index (χ3v) is 4.60. The minimum Gasteiger partial charge on any atom is -0.285 e. The number of nitrogens with one attached hydrogen (secondary N) is 1. The molecule has 0 aliphatic rings. The van der Waals surface area contributed by atoms with Crippen LogP contribution in [0.3, 0.4) is 0 Å². The van der Waals surface area contributed by atoms with Gasteiger partial charge in [-0.2, -0.15) is 15.3 Å². The zero-order valence-electron chi connectivity index (χ0n) is 14.9. The molecule has 0 saturated carbocycles. The van der Waals surface area contributed by atoms with Gasteiger partial charge in [0.2, 0.25) is 0 Å². The number of nitrogens with zero attached hydrogens (tertiary/aromatic N) is 5. The van der Waals surface area contributed by atoms with Crippen LogP contribution in [0.2, 0.25) is 0 Å². The first-order valence-electron chi connectivity index (χ1n) is 8.88. The lowest BCUT2D eigenvalue weighted by Gasteiger charge is -2.07. The van der Waals surface area contributed by atoms with Crippen LogP contribution in [0.25, 0.3) is 28.0 Å². The van der Waals surface area contributed by atoms with E-state index in [0.29, 0.717) is 12.2 Å². The summed E-state index contributed by atoms with van der Waals surface area (Å²) in [6, 6.07) is 19.2. The minimum absolute atomic E-state index is 0.164. The van der Waals surface area contributed by atoms with E-state index in [-0.39, 0.29) is 5.56 Å². The highest BCUT2D eigenvalue weighted by atomic mass is 16.1. The van der Waals surface area contributed by atoms with Crippen LogP contribution in [-0.2, 0) is 6.54 Å². The summed E-state index contributed by atoms with van der Waals surface area (Å²) in [7, 11) is 0. The van der Waals surface area contributed by atoms with Crippen molar-refractivity contribution in [2.24, 2.45) is 0 Å². The summed E-state index contributed by atoms with van der Waals surface area (Å²) < 4.78 is 3.28. The number of rotatable bonds is 4. The molecule has 4 aromatic heterocycles. The smallest absolute Gasteiger partial charge is 0.267 e. The van der Waals surface area contributed by atoms with E-state index in [4.69, 9.17) is 5.10 Å². The predicted molar refractivity (Wildman–Crippen MR) is 106 cm³/mol. The van der Waals surface area contributed by atoms with Crippen molar-refractivity contribution in [3.05, 3.63) is 95.2 Å². The molecular weight excluding hydrogens is 352 g/mol. The molecule has 7 heteroatoms. The maximum atomic E-state index is 12.3. The Bertz CT molecular complexity index is 1300. The van der Waals surface area contributed by atoms with Gasteiger partial charge in [-0.3, -0.25) is 9.89 Å². The Morgan fingerprint density at radius 2 is 1.79 bits per heavy atom. The number of benzene rings is 1. The molecule has 4 heterocycles. The molecule has 1 N–H and O–H groups in total. The van der Waals surface area contributed by atoms with Crippen LogP contribution >= 0.6 is 0 Å². The number of hydrogen-bond acceptors (Lipinski definition) is 4. The molecular formula is C21H16N6O. The highest BCUT2D eigenvalue weighted by Crippen LogP contribution is 2.33. The fraction of sp³-hybridized carbons (Fsp3) is 0.0476. The fourth-order valence-electron chi connectivity index (χ4n) is 3.28. The van der Waals surface area contributed by atoms with Gasteiger partial charge in [0.15, 0.2) is 0 Å². The molecule has 0 spiro atoms. The standard InChI is InChI=1S/C21H16N6O/c28-19-10-9-17(24-27(19)14-15-12-22-23-13-15)20-18-8-4-5-11-26(18)25-21(20)16-6-2-1-3-7-16/h1-13H,14H2,(H,22,23). The summed E-state index contributed by atoms with van der Waals surface area (Å²) in [6.45, 7) is 0.350. The van der Waals surface area contributed by atoms with E-state index < -0.39 is 0 Å². The van der Waals surface area contributed by atoms with Gasteiger partial charge < -0.3 is 0 Å². The first kappa shape index (κ1) is 16.2. The van der Waals surface area contributed by atoms with Gasteiger partial charge in [-0.05, 0) is 18.2 Å². The third-order valence-electron chi connectivity index (χ3n) is 4.60. The van der Waals surface area contributed by atoms with Crippen molar-refractivity contribution in [3.63, 3.8) is 0 Å². The zero-order valence-corrected chi connectivity index (χ0v) is 14.9. The largest absolute Gasteiger partial charge is 0.285 e. The van der Waals surface area contributed by atoms with E-state index in [9.17, 15) is 4.79 Å². The second kappa shape index (κ2) is 6.62. The van der Waals surface area contributed by atoms with Crippen LogP contribution in [0, 0.1) is 0 Å². The lowest BCUT2D eigenvalue weighted by molar-refractivity contribution is 0.643. The molecule has 0 unspecified atom stereocenters. The van der Waals surface area contributed by atoms with Crippen LogP contribution in [-0.4, -0.2) is 29.6 Å². The van der Waals surface area contributed by atoms with Crippen molar-refractivity contribution in [3.8, 4) is 22.5 Å². The second-order valence-electron chi connectivity index (χ2n) is 6.44. The average Bonchev–Trinajstić information content (AvgIpc) is 3.38. The number of H-pyrrole nitrogens is 1. The van der Waals surface area contributed by atoms with Crippen LogP contribution < -0.4 is 5.56 Å². The second-order valence-corrected chi connectivity index (χ2v) is 6.44. The summed E-state index contributed by atoms with van der Waals surface area (Å²) >= 11 is 0. The van der Waals surface area contributed by atoms with E-state index in [2.05, 4.69) is 15.3 Å². The Morgan fingerprint density at radius 3 is 2.61 bits per heavy atom. The number of aromatic amines is 1. The molecule has 1 aromatic carbocycles. The molecule has 5 aromatic rings. The van der Waals surface area contributed by atoms with E-state index in [0.717, 1.165) is 27.9 Å². The molecule has 28 heavy (non-hydrogen) atoms. The number of pyridine rings is 1. The Balaban J connectivity index is 1.72. The normalized spacial score (nSPS) is 11.1. The maximum absolute atomic E-state index is 12.3. The molecule has 0 aliphatic heterocycles. The summed E-state index contributed by atoms with van der Waals surface area (Å²) in [5.41, 5.74) is 5.07. The van der Waals surface area contributed by atoms with Crippen molar-refractivity contribution in [2.45, 2.75) is 6.54 Å². The Kier molecular flexibility index (Phi) is 3.83. The Morgan fingerprint density at radius 1 is 0.929 bits per heavy atom. The lowest BCUT2D eigenvalue weighted by atomic mass is 10.0. The van der Waals surface area contributed by atoms with Gasteiger partial charge in [0.25, 0.3) is 5.56 Å². The number of aromatic nitrogens is 6. The minimum atomic E-state index is -0.164. The predicted octanol–water partition coefficient (Wildman–Crippen LogP) is 3.00. The van der Waals surface area contributed by atoms with Crippen LogP contribution in [0.4, 0.5) is 0 Å².